The Morgan fingerprint density at radius 1 is 1.25 bits per heavy atom. The number of aliphatic hydroxyl groups is 1. The molecule has 0 aliphatic heterocycles. The maximum Gasteiger partial charge on any atom is 0.124 e. The maximum absolute atomic E-state index is 10.3. The van der Waals surface area contributed by atoms with Crippen molar-refractivity contribution in [2.75, 3.05) is 12.9 Å². The fourth-order valence-electron chi connectivity index (χ4n) is 1.94. The molecule has 0 spiro atoms. The molecule has 0 saturated heterocycles. The molecule has 2 aromatic rings. The van der Waals surface area contributed by atoms with E-state index in [9.17, 15) is 5.11 Å². The number of ether oxygens (including phenoxy) is 1. The van der Waals surface area contributed by atoms with Crippen molar-refractivity contribution in [2.45, 2.75) is 17.9 Å². The Kier molecular flexibility index (Phi) is 5.35. The molecule has 1 unspecified atom stereocenters. The zero-order valence-corrected chi connectivity index (χ0v) is 13.0. The molecule has 0 saturated carbocycles. The van der Waals surface area contributed by atoms with Gasteiger partial charge in [0.1, 0.15) is 5.75 Å². The Balaban J connectivity index is 2.11. The van der Waals surface area contributed by atoms with Gasteiger partial charge in [0.2, 0.25) is 0 Å². The van der Waals surface area contributed by atoms with Crippen molar-refractivity contribution >= 4 is 23.4 Å². The summed E-state index contributed by atoms with van der Waals surface area (Å²) in [6.45, 7) is 2.06. The Hall–Kier alpha value is -1.16. The number of aliphatic hydroxyl groups excluding tert-OH is 1. The molecule has 0 aliphatic carbocycles. The van der Waals surface area contributed by atoms with Gasteiger partial charge < -0.3 is 9.84 Å². The summed E-state index contributed by atoms with van der Waals surface area (Å²) in [4.78, 5) is 1.17. The van der Waals surface area contributed by atoms with Crippen LogP contribution in [-0.2, 0) is 0 Å². The SMILES string of the molecule is COc1ccc(Cl)cc1C(O)CSc1ccccc1C. The Labute approximate surface area is 128 Å². The maximum atomic E-state index is 10.3. The van der Waals surface area contributed by atoms with Crippen molar-refractivity contribution in [3.8, 4) is 5.75 Å². The molecule has 2 rings (SSSR count). The monoisotopic (exact) mass is 308 g/mol. The van der Waals surface area contributed by atoms with Crippen molar-refractivity contribution in [1.82, 2.24) is 0 Å². The van der Waals surface area contributed by atoms with Crippen molar-refractivity contribution in [3.63, 3.8) is 0 Å². The normalized spacial score (nSPS) is 12.2. The lowest BCUT2D eigenvalue weighted by molar-refractivity contribution is 0.199. The van der Waals surface area contributed by atoms with Crippen LogP contribution in [0.3, 0.4) is 0 Å². The van der Waals surface area contributed by atoms with E-state index in [1.54, 1.807) is 37.1 Å². The first kappa shape index (κ1) is 15.2. The predicted molar refractivity (Wildman–Crippen MR) is 84.9 cm³/mol. The first-order valence-corrected chi connectivity index (χ1v) is 7.68. The Morgan fingerprint density at radius 3 is 2.70 bits per heavy atom. The van der Waals surface area contributed by atoms with Gasteiger partial charge in [-0.25, -0.2) is 0 Å². The van der Waals surface area contributed by atoms with Crippen LogP contribution < -0.4 is 4.74 Å². The average molecular weight is 309 g/mol. The van der Waals surface area contributed by atoms with E-state index in [1.165, 1.54) is 10.5 Å². The third-order valence-corrected chi connectivity index (χ3v) is 4.53. The average Bonchev–Trinajstić information content (AvgIpc) is 2.46. The molecule has 0 heterocycles. The highest BCUT2D eigenvalue weighted by Crippen LogP contribution is 2.32. The summed E-state index contributed by atoms with van der Waals surface area (Å²) in [6.07, 6.45) is -0.617. The van der Waals surface area contributed by atoms with E-state index in [1.807, 2.05) is 12.1 Å². The predicted octanol–water partition coefficient (Wildman–Crippen LogP) is 4.48. The molecular formula is C16H17ClO2S. The number of benzene rings is 2. The Morgan fingerprint density at radius 2 is 2.00 bits per heavy atom. The smallest absolute Gasteiger partial charge is 0.124 e. The summed E-state index contributed by atoms with van der Waals surface area (Å²) < 4.78 is 5.27. The third kappa shape index (κ3) is 3.69. The number of hydrogen-bond acceptors (Lipinski definition) is 3. The second-order valence-corrected chi connectivity index (χ2v) is 5.98. The molecule has 0 fully saturated rings. The number of rotatable bonds is 5. The van der Waals surface area contributed by atoms with Crippen molar-refractivity contribution in [2.24, 2.45) is 0 Å². The molecule has 4 heteroatoms. The van der Waals surface area contributed by atoms with Crippen molar-refractivity contribution in [1.29, 1.82) is 0 Å². The van der Waals surface area contributed by atoms with Gasteiger partial charge in [0, 0.05) is 21.2 Å². The van der Waals surface area contributed by atoms with Gasteiger partial charge in [0.05, 0.1) is 13.2 Å². The highest BCUT2D eigenvalue weighted by atomic mass is 35.5. The molecule has 0 bridgehead atoms. The number of methoxy groups -OCH3 is 1. The van der Waals surface area contributed by atoms with Gasteiger partial charge >= 0.3 is 0 Å². The number of aryl methyl sites for hydroxylation is 1. The molecule has 106 valence electrons. The minimum Gasteiger partial charge on any atom is -0.496 e. The standard InChI is InChI=1S/C16H17ClO2S/c1-11-5-3-4-6-16(11)20-10-14(18)13-9-12(17)7-8-15(13)19-2/h3-9,14,18H,10H2,1-2H3. The van der Waals surface area contributed by atoms with Crippen LogP contribution in [0.5, 0.6) is 5.75 Å². The molecule has 0 radical (unpaired) electrons. The molecule has 2 aromatic carbocycles. The zero-order chi connectivity index (χ0) is 14.5. The van der Waals surface area contributed by atoms with E-state index in [-0.39, 0.29) is 0 Å². The first-order valence-electron chi connectivity index (χ1n) is 6.31. The van der Waals surface area contributed by atoms with E-state index in [4.69, 9.17) is 16.3 Å². The van der Waals surface area contributed by atoms with E-state index >= 15 is 0 Å². The molecule has 0 aliphatic rings. The highest BCUT2D eigenvalue weighted by molar-refractivity contribution is 7.99. The molecule has 0 amide bonds. The van der Waals surface area contributed by atoms with Crippen molar-refractivity contribution < 1.29 is 9.84 Å². The van der Waals surface area contributed by atoms with Crippen LogP contribution in [0.2, 0.25) is 5.02 Å². The second-order valence-electron chi connectivity index (χ2n) is 4.48. The lowest BCUT2D eigenvalue weighted by Crippen LogP contribution is -2.03. The summed E-state index contributed by atoms with van der Waals surface area (Å²) in [6, 6.07) is 13.4. The number of halogens is 1. The molecule has 1 N–H and O–H groups in total. The van der Waals surface area contributed by atoms with Crippen LogP contribution in [-0.4, -0.2) is 18.0 Å². The van der Waals surface area contributed by atoms with Gasteiger partial charge in [0.25, 0.3) is 0 Å². The van der Waals surface area contributed by atoms with Crippen LogP contribution in [0, 0.1) is 6.92 Å². The lowest BCUT2D eigenvalue weighted by atomic mass is 10.1. The van der Waals surface area contributed by atoms with E-state index in [0.29, 0.717) is 16.5 Å². The largest absolute Gasteiger partial charge is 0.496 e. The van der Waals surface area contributed by atoms with E-state index < -0.39 is 6.10 Å². The third-order valence-electron chi connectivity index (χ3n) is 3.04. The van der Waals surface area contributed by atoms with Gasteiger partial charge in [-0.15, -0.1) is 11.8 Å². The highest BCUT2D eigenvalue weighted by Gasteiger charge is 2.14. The molecule has 0 aromatic heterocycles. The zero-order valence-electron chi connectivity index (χ0n) is 11.5. The van der Waals surface area contributed by atoms with Gasteiger partial charge in [-0.1, -0.05) is 29.8 Å². The quantitative estimate of drug-likeness (QED) is 0.826. The van der Waals surface area contributed by atoms with Gasteiger partial charge in [0.15, 0.2) is 0 Å². The van der Waals surface area contributed by atoms with E-state index in [0.717, 1.165) is 5.56 Å². The molecule has 1 atom stereocenters. The van der Waals surface area contributed by atoms with Gasteiger partial charge in [-0.05, 0) is 36.8 Å². The van der Waals surface area contributed by atoms with Crippen molar-refractivity contribution in [3.05, 3.63) is 58.6 Å². The molecule has 20 heavy (non-hydrogen) atoms. The van der Waals surface area contributed by atoms with Crippen LogP contribution in [0.25, 0.3) is 0 Å². The van der Waals surface area contributed by atoms with Crippen LogP contribution in [0.4, 0.5) is 0 Å². The summed E-state index contributed by atoms with van der Waals surface area (Å²) in [5.41, 5.74) is 1.93. The van der Waals surface area contributed by atoms with Crippen LogP contribution in [0.15, 0.2) is 47.4 Å². The minimum absolute atomic E-state index is 0.557. The minimum atomic E-state index is -0.617. The summed E-state index contributed by atoms with van der Waals surface area (Å²) >= 11 is 7.61. The summed E-state index contributed by atoms with van der Waals surface area (Å²) in [7, 11) is 1.59. The Bertz CT molecular complexity index is 586. The molecular weight excluding hydrogens is 292 g/mol. The summed E-state index contributed by atoms with van der Waals surface area (Å²) in [5.74, 6) is 1.22. The second kappa shape index (κ2) is 7.02. The number of thioether (sulfide) groups is 1. The van der Waals surface area contributed by atoms with Gasteiger partial charge in [-0.3, -0.25) is 0 Å². The fraction of sp³-hybridized carbons (Fsp3) is 0.250. The topological polar surface area (TPSA) is 29.5 Å². The van der Waals surface area contributed by atoms with Gasteiger partial charge in [-0.2, -0.15) is 0 Å². The van der Waals surface area contributed by atoms with E-state index in [2.05, 4.69) is 19.1 Å². The van der Waals surface area contributed by atoms with Crippen LogP contribution >= 0.6 is 23.4 Å². The van der Waals surface area contributed by atoms with Crippen LogP contribution in [0.1, 0.15) is 17.2 Å². The fourth-order valence-corrected chi connectivity index (χ4v) is 3.11. The number of hydrogen-bond donors (Lipinski definition) is 1. The molecule has 2 nitrogen and oxygen atoms in total. The first-order chi connectivity index (χ1) is 9.61. The summed E-state index contributed by atoms with van der Waals surface area (Å²) in [5, 5.41) is 10.9. The lowest BCUT2D eigenvalue weighted by Gasteiger charge is -2.15.